The van der Waals surface area contributed by atoms with Crippen LogP contribution in [0.2, 0.25) is 0 Å². The minimum Gasteiger partial charge on any atom is -0.457 e. The van der Waals surface area contributed by atoms with E-state index in [9.17, 15) is 13.6 Å². The first-order valence-corrected chi connectivity index (χ1v) is 4.38. The summed E-state index contributed by atoms with van der Waals surface area (Å²) in [5, 5.41) is 0. The zero-order valence-electron chi connectivity index (χ0n) is 9.81. The fraction of sp³-hybridized carbons (Fsp3) is 0.600. The molecule has 0 unspecified atom stereocenters. The summed E-state index contributed by atoms with van der Waals surface area (Å²) >= 11 is 0. The minimum absolute atomic E-state index is 0. The summed E-state index contributed by atoms with van der Waals surface area (Å²) < 4.78 is 32.7. The zero-order chi connectivity index (χ0) is 12.1. The largest absolute Gasteiger partial charge is 0.457 e. The van der Waals surface area contributed by atoms with Gasteiger partial charge >= 0.3 is 5.97 Å². The number of hydrogen-bond donors (Lipinski definition) is 0. The van der Waals surface area contributed by atoms with Gasteiger partial charge in [-0.05, 0) is 27.4 Å². The van der Waals surface area contributed by atoms with E-state index in [2.05, 4.69) is 11.3 Å². The topological polar surface area (TPSA) is 35.5 Å². The van der Waals surface area contributed by atoms with E-state index in [0.717, 1.165) is 0 Å². The van der Waals surface area contributed by atoms with Crippen LogP contribution in [0.1, 0.15) is 20.8 Å². The van der Waals surface area contributed by atoms with Gasteiger partial charge < -0.3 is 18.3 Å². The maximum Gasteiger partial charge on any atom is 0.336 e. The van der Waals surface area contributed by atoms with E-state index in [-0.39, 0.29) is 12.2 Å². The smallest absolute Gasteiger partial charge is 0.336 e. The van der Waals surface area contributed by atoms with Gasteiger partial charge in [0.1, 0.15) is 5.60 Å². The number of ether oxygens (including phenoxy) is 2. The van der Waals surface area contributed by atoms with Gasteiger partial charge in [-0.25, -0.2) is 4.79 Å². The average Bonchev–Trinajstić information content (AvgIpc) is 1.99. The normalized spacial score (nSPS) is 10.9. The molecule has 0 N–H and O–H groups in total. The summed E-state index contributed by atoms with van der Waals surface area (Å²) in [6, 6.07) is 0. The summed E-state index contributed by atoms with van der Waals surface area (Å²) in [6.07, 6.45) is -1.84. The summed E-state index contributed by atoms with van der Waals surface area (Å²) in [5.41, 5.74) is -0.608. The monoisotopic (exact) mass is 492 g/mol. The van der Waals surface area contributed by atoms with Crippen LogP contribution in [-0.4, -0.2) is 24.8 Å². The summed E-state index contributed by atoms with van der Waals surface area (Å²) in [5.74, 6) is -0.637. The van der Waals surface area contributed by atoms with Crippen LogP contribution in [0.25, 0.3) is 0 Å². The van der Waals surface area contributed by atoms with Crippen molar-refractivity contribution in [1.82, 2.24) is 0 Å². The van der Waals surface area contributed by atoms with Crippen molar-refractivity contribution < 1.29 is 23.0 Å². The number of hydrogen-bond acceptors (Lipinski definition) is 3. The molecule has 90 valence electrons. The predicted molar refractivity (Wildman–Crippen MR) is 51.3 cm³/mol. The van der Waals surface area contributed by atoms with Crippen LogP contribution >= 0.6 is 0 Å². The second-order valence-electron chi connectivity index (χ2n) is 3.94. The van der Waals surface area contributed by atoms with Crippen molar-refractivity contribution in [2.45, 2.75) is 26.4 Å². The van der Waals surface area contributed by atoms with Crippen molar-refractivity contribution >= 4 is 5.97 Å². The van der Waals surface area contributed by atoms with Crippen LogP contribution in [0.4, 0.5) is 8.78 Å². The molecule has 0 aliphatic rings. The molecule has 0 aromatic carbocycles. The Morgan fingerprint density at radius 1 is 1.38 bits per heavy atom. The Kier molecular flexibility index (Phi) is 6.69. The Hall–Kier alpha value is -1.97. The van der Waals surface area contributed by atoms with Crippen molar-refractivity contribution in [1.29, 1.82) is 0 Å². The molecular weight excluding hydrogens is 475 g/mol. The van der Waals surface area contributed by atoms with Gasteiger partial charge in [0.05, 0.1) is 12.2 Å². The van der Waals surface area contributed by atoms with Crippen LogP contribution in [0.3, 0.4) is 0 Å². The number of esters is 1. The fourth-order valence-corrected chi connectivity index (χ4v) is 0.661. The molecule has 0 saturated carbocycles. The molecule has 0 spiro atoms. The Morgan fingerprint density at radius 3 is 2.25 bits per heavy atom. The second-order valence-corrected chi connectivity index (χ2v) is 3.94. The van der Waals surface area contributed by atoms with E-state index in [1.165, 1.54) is 0 Å². The Labute approximate surface area is 88.1 Å². The molecule has 0 saturated heterocycles. The quantitative estimate of drug-likeness (QED) is 0.338. The molecule has 0 radical (unpaired) electrons. The van der Waals surface area contributed by atoms with Gasteiger partial charge in [0.2, 0.25) is 0 Å². The van der Waals surface area contributed by atoms with Gasteiger partial charge in [0, 0.05) is 6.43 Å². The molecule has 0 aromatic heterocycles. The molecule has 0 rings (SSSR count). The molecule has 3 nitrogen and oxygen atoms in total. The molecule has 0 fully saturated rings. The molecule has 0 aliphatic carbocycles. The Bertz CT molecular complexity index is 237. The van der Waals surface area contributed by atoms with Crippen LogP contribution in [0.15, 0.2) is 12.2 Å². The molecule has 0 aliphatic heterocycles. The van der Waals surface area contributed by atoms with E-state index in [1.54, 1.807) is 20.8 Å². The van der Waals surface area contributed by atoms with Gasteiger partial charge in [-0.1, -0.05) is 6.58 Å². The van der Waals surface area contributed by atoms with E-state index >= 15 is 0 Å². The molecule has 0 amide bonds. The second kappa shape index (κ2) is 6.50. The van der Waals surface area contributed by atoms with Crippen molar-refractivity contribution in [3.05, 3.63) is 18.6 Å². The first-order chi connectivity index (χ1) is 6.72. The maximum atomic E-state index is 11.6. The van der Waals surface area contributed by atoms with E-state index in [0.29, 0.717) is 0 Å². The third-order valence-electron chi connectivity index (χ3n) is 1.18. The molecule has 16 heavy (non-hydrogen) atoms. The molecule has 0 heterocycles. The van der Waals surface area contributed by atoms with Crippen LogP contribution in [0, 0.1) is 6.43 Å². The molecule has 0 aromatic rings. The summed E-state index contributed by atoms with van der Waals surface area (Å²) in [7, 11) is 0. The van der Waals surface area contributed by atoms with Crippen LogP contribution in [0.5, 0.6) is 0 Å². The minimum atomic E-state index is -1.84. The zero-order valence-corrected chi connectivity index (χ0v) is 16.3. The van der Waals surface area contributed by atoms with Crippen molar-refractivity contribution in [3.8, 4) is 0 Å². The Morgan fingerprint density at radius 2 is 1.88 bits per heavy atom. The first kappa shape index (κ1) is 16.5. The number of halogens is 2. The van der Waals surface area contributed by atoms with Gasteiger partial charge in [-0.2, -0.15) is 0 Å². The van der Waals surface area contributed by atoms with Gasteiger partial charge in [-0.15, -0.1) is 0 Å². The first-order valence-electron chi connectivity index (χ1n) is 4.38. The van der Waals surface area contributed by atoms with Crippen LogP contribution in [-0.2, 0) is 14.3 Å². The maximum absolute atomic E-state index is 11.6. The fourth-order valence-electron chi connectivity index (χ4n) is 0.661. The SMILES string of the molecule is C=C(COC[C-](F)F)C(=O)OC(C)(C)C.[Sg]. The molecular formula is C10H15F2O3Sg-. The Balaban J connectivity index is 0. The summed E-state index contributed by atoms with van der Waals surface area (Å²) in [4.78, 5) is 11.2. The molecule has 0 bridgehead atoms. The standard InChI is InChI=1S/C10H15F2O3.Sg/c1-7(5-14-6-8(11)12)9(13)15-10(2,3)4;/h1,5-6H2,2-4H3;/q-1;. The van der Waals surface area contributed by atoms with Gasteiger partial charge in [0.25, 0.3) is 0 Å². The summed E-state index contributed by atoms with van der Waals surface area (Å²) in [6.45, 7) is 7.44. The van der Waals surface area contributed by atoms with E-state index in [1.807, 2.05) is 0 Å². The van der Waals surface area contributed by atoms with Gasteiger partial charge in [-0.3, -0.25) is 0 Å². The number of carbonyl (C=O) groups is 1. The van der Waals surface area contributed by atoms with Crippen molar-refractivity contribution in [2.24, 2.45) is 0 Å². The van der Waals surface area contributed by atoms with Crippen LogP contribution < -0.4 is 0 Å². The molecule has 6 heteroatoms. The van der Waals surface area contributed by atoms with Gasteiger partial charge in [0.15, 0.2) is 0 Å². The average molecular weight is 490 g/mol. The van der Waals surface area contributed by atoms with E-state index in [4.69, 9.17) is 4.74 Å². The number of rotatable bonds is 5. The third-order valence-corrected chi connectivity index (χ3v) is 1.18. The predicted octanol–water partition coefficient (Wildman–Crippen LogP) is 2.33. The molecule has 0 atom stereocenters. The van der Waals surface area contributed by atoms with Crippen molar-refractivity contribution in [2.75, 3.05) is 13.2 Å². The van der Waals surface area contributed by atoms with E-state index < -0.39 is 24.6 Å². The third kappa shape index (κ3) is 8.62. The van der Waals surface area contributed by atoms with Crippen molar-refractivity contribution in [3.63, 3.8) is 0 Å². The number of carbonyl (C=O) groups excluding carboxylic acids is 1.